The summed E-state index contributed by atoms with van der Waals surface area (Å²) in [6.07, 6.45) is -3.54. The molecule has 0 saturated carbocycles. The van der Waals surface area contributed by atoms with Crippen molar-refractivity contribution in [3.8, 4) is 0 Å². The van der Waals surface area contributed by atoms with Crippen LogP contribution in [0.2, 0.25) is 5.02 Å². The highest BCUT2D eigenvalue weighted by molar-refractivity contribution is 6.35. The second-order valence-electron chi connectivity index (χ2n) is 13.0. The van der Waals surface area contributed by atoms with Crippen LogP contribution in [0.15, 0.2) is 140 Å². The fourth-order valence-corrected chi connectivity index (χ4v) is 6.97. The fourth-order valence-electron chi connectivity index (χ4n) is 6.68. The van der Waals surface area contributed by atoms with Crippen LogP contribution in [0.3, 0.4) is 0 Å². The number of carbonyl (C=O) groups excluding carboxylic acids is 3. The van der Waals surface area contributed by atoms with Crippen molar-refractivity contribution in [3.63, 3.8) is 0 Å². The van der Waals surface area contributed by atoms with Gasteiger partial charge in [0.15, 0.2) is 18.4 Å². The Bertz CT molecular complexity index is 2220. The van der Waals surface area contributed by atoms with Crippen LogP contribution in [0.4, 0.5) is 0 Å². The van der Waals surface area contributed by atoms with Crippen LogP contribution in [0, 0.1) is 0 Å². The molecule has 1 N–H and O–H groups in total. The van der Waals surface area contributed by atoms with Crippen molar-refractivity contribution in [2.75, 3.05) is 6.61 Å². The SMILES string of the molecule is CCc1ccc(Cc2cn([C@@H]3O[C@H](COC(=O)c4ccccc4)[C@H](O)[C@H](OC(=O)c4ccccc4)[C@H]3OC(=O)c3ccccc3)c3cccc(Cl)c23)cc1. The number of benzene rings is 5. The maximum absolute atomic E-state index is 13.8. The third-order valence-corrected chi connectivity index (χ3v) is 9.83. The van der Waals surface area contributed by atoms with E-state index in [1.807, 2.05) is 12.3 Å². The van der Waals surface area contributed by atoms with E-state index in [1.165, 1.54) is 5.56 Å². The van der Waals surface area contributed by atoms with E-state index in [0.29, 0.717) is 22.5 Å². The zero-order valence-corrected chi connectivity index (χ0v) is 30.2. The van der Waals surface area contributed by atoms with E-state index < -0.39 is 55.2 Å². The first-order valence-corrected chi connectivity index (χ1v) is 18.1. The largest absolute Gasteiger partial charge is 0.459 e. The number of aliphatic hydroxyl groups excluding tert-OH is 1. The molecule has 2 heterocycles. The summed E-state index contributed by atoms with van der Waals surface area (Å²) in [4.78, 5) is 40.5. The Kier molecular flexibility index (Phi) is 11.2. The second-order valence-corrected chi connectivity index (χ2v) is 13.4. The predicted molar refractivity (Wildman–Crippen MR) is 204 cm³/mol. The topological polar surface area (TPSA) is 113 Å². The molecule has 7 rings (SSSR count). The monoisotopic (exact) mass is 743 g/mol. The molecule has 0 spiro atoms. The number of carbonyl (C=O) groups is 3. The third kappa shape index (κ3) is 7.94. The number of rotatable bonds is 11. The highest BCUT2D eigenvalue weighted by Gasteiger charge is 2.51. The summed E-state index contributed by atoms with van der Waals surface area (Å²) in [6, 6.07) is 38.9. The molecule has 0 unspecified atom stereocenters. The number of aromatic nitrogens is 1. The molecule has 5 atom stereocenters. The minimum Gasteiger partial charge on any atom is -0.459 e. The third-order valence-electron chi connectivity index (χ3n) is 9.52. The summed E-state index contributed by atoms with van der Waals surface area (Å²) >= 11 is 6.88. The number of halogens is 1. The van der Waals surface area contributed by atoms with Crippen LogP contribution in [-0.4, -0.2) is 58.6 Å². The first-order chi connectivity index (χ1) is 26.3. The Labute approximate surface area is 317 Å². The molecule has 6 aromatic rings. The highest BCUT2D eigenvalue weighted by Crippen LogP contribution is 2.39. The molecule has 0 amide bonds. The molecule has 10 heteroatoms. The average Bonchev–Trinajstić information content (AvgIpc) is 3.58. The Hall–Kier alpha value is -5.74. The van der Waals surface area contributed by atoms with Crippen molar-refractivity contribution in [3.05, 3.63) is 178 Å². The minimum atomic E-state index is -1.59. The lowest BCUT2D eigenvalue weighted by atomic mass is 9.97. The van der Waals surface area contributed by atoms with Crippen molar-refractivity contribution in [2.45, 2.75) is 50.4 Å². The van der Waals surface area contributed by atoms with Gasteiger partial charge in [0.25, 0.3) is 0 Å². The minimum absolute atomic E-state index is 0.225. The highest BCUT2D eigenvalue weighted by atomic mass is 35.5. The number of nitrogens with zero attached hydrogens (tertiary/aromatic N) is 1. The Balaban J connectivity index is 1.32. The van der Waals surface area contributed by atoms with Crippen LogP contribution in [0.25, 0.3) is 10.9 Å². The standard InChI is InChI=1S/C44H38ClNO8/c1-2-28-21-23-29(24-22-28)25-33-26-46(35-20-12-19-34(45)37(33)35)41-40(54-44(50)32-17-10-5-11-18-32)39(53-43(49)31-15-8-4-9-16-31)38(47)36(52-41)27-51-42(48)30-13-6-3-7-14-30/h3-24,26,36,38-41,47H,2,25,27H2,1H3/t36-,38+,39+,40-,41-/m1/s1. The number of aliphatic hydroxyl groups is 1. The van der Waals surface area contributed by atoms with Crippen LogP contribution in [0.1, 0.15) is 60.9 Å². The second kappa shape index (κ2) is 16.5. The van der Waals surface area contributed by atoms with Gasteiger partial charge in [-0.2, -0.15) is 0 Å². The van der Waals surface area contributed by atoms with Gasteiger partial charge in [-0.1, -0.05) is 103 Å². The molecule has 1 aliphatic rings. The number of esters is 3. The molecule has 54 heavy (non-hydrogen) atoms. The summed E-state index contributed by atoms with van der Waals surface area (Å²) < 4.78 is 26.3. The summed E-state index contributed by atoms with van der Waals surface area (Å²) in [5, 5.41) is 13.2. The Morgan fingerprint density at radius 1 is 0.685 bits per heavy atom. The predicted octanol–water partition coefficient (Wildman–Crippen LogP) is 8.01. The van der Waals surface area contributed by atoms with Gasteiger partial charge in [-0.05, 0) is 78.1 Å². The number of hydrogen-bond donors (Lipinski definition) is 1. The molecule has 5 aromatic carbocycles. The van der Waals surface area contributed by atoms with E-state index in [2.05, 4.69) is 31.2 Å². The maximum atomic E-state index is 13.8. The van der Waals surface area contributed by atoms with Crippen molar-refractivity contribution < 1.29 is 38.4 Å². The zero-order chi connectivity index (χ0) is 37.6. The molecule has 0 bridgehead atoms. The summed E-state index contributed by atoms with van der Waals surface area (Å²) in [7, 11) is 0. The van der Waals surface area contributed by atoms with E-state index in [1.54, 1.807) is 108 Å². The molecule has 0 aliphatic carbocycles. The Morgan fingerprint density at radius 2 is 1.22 bits per heavy atom. The Morgan fingerprint density at radius 3 is 1.80 bits per heavy atom. The van der Waals surface area contributed by atoms with Gasteiger partial charge in [-0.25, -0.2) is 14.4 Å². The lowest BCUT2D eigenvalue weighted by Gasteiger charge is -2.44. The van der Waals surface area contributed by atoms with Crippen molar-refractivity contribution in [2.24, 2.45) is 0 Å². The number of ether oxygens (including phenoxy) is 4. The van der Waals surface area contributed by atoms with Gasteiger partial charge in [0.05, 0.1) is 27.2 Å². The molecular formula is C44H38ClNO8. The summed E-state index contributed by atoms with van der Waals surface area (Å²) in [5.41, 5.74) is 4.57. The molecule has 0 radical (unpaired) electrons. The van der Waals surface area contributed by atoms with E-state index in [9.17, 15) is 19.5 Å². The molecule has 274 valence electrons. The van der Waals surface area contributed by atoms with Gasteiger partial charge >= 0.3 is 17.9 Å². The molecule has 9 nitrogen and oxygen atoms in total. The van der Waals surface area contributed by atoms with Crippen LogP contribution < -0.4 is 0 Å². The first-order valence-electron chi connectivity index (χ1n) is 17.7. The quantitative estimate of drug-likeness (QED) is 0.105. The lowest BCUT2D eigenvalue weighted by molar-refractivity contribution is -0.249. The normalized spacial score (nSPS) is 19.6. The fraction of sp³-hybridized carbons (Fsp3) is 0.205. The van der Waals surface area contributed by atoms with Crippen LogP contribution in [-0.2, 0) is 31.8 Å². The van der Waals surface area contributed by atoms with Gasteiger partial charge < -0.3 is 28.6 Å². The molecule has 1 saturated heterocycles. The first kappa shape index (κ1) is 36.6. The zero-order valence-electron chi connectivity index (χ0n) is 29.4. The molecular weight excluding hydrogens is 706 g/mol. The van der Waals surface area contributed by atoms with Gasteiger partial charge in [0, 0.05) is 11.6 Å². The van der Waals surface area contributed by atoms with E-state index in [4.69, 9.17) is 30.5 Å². The number of fused-ring (bicyclic) bond motifs is 1. The smallest absolute Gasteiger partial charge is 0.338 e. The average molecular weight is 744 g/mol. The van der Waals surface area contributed by atoms with Crippen molar-refractivity contribution in [1.29, 1.82) is 0 Å². The van der Waals surface area contributed by atoms with E-state index in [-0.39, 0.29) is 11.1 Å². The number of hydrogen-bond acceptors (Lipinski definition) is 8. The van der Waals surface area contributed by atoms with Gasteiger partial charge in [0.2, 0.25) is 0 Å². The van der Waals surface area contributed by atoms with E-state index >= 15 is 0 Å². The maximum Gasteiger partial charge on any atom is 0.338 e. The van der Waals surface area contributed by atoms with E-state index in [0.717, 1.165) is 22.9 Å². The summed E-state index contributed by atoms with van der Waals surface area (Å²) in [6.45, 7) is 1.70. The van der Waals surface area contributed by atoms with Crippen molar-refractivity contribution in [1.82, 2.24) is 4.57 Å². The lowest BCUT2D eigenvalue weighted by Crippen LogP contribution is -2.59. The van der Waals surface area contributed by atoms with Crippen LogP contribution in [0.5, 0.6) is 0 Å². The summed E-state index contributed by atoms with van der Waals surface area (Å²) in [5.74, 6) is -2.10. The molecule has 1 aromatic heterocycles. The van der Waals surface area contributed by atoms with Crippen LogP contribution >= 0.6 is 11.6 Å². The van der Waals surface area contributed by atoms with Gasteiger partial charge in [0.1, 0.15) is 18.8 Å². The van der Waals surface area contributed by atoms with Crippen molar-refractivity contribution >= 4 is 40.4 Å². The van der Waals surface area contributed by atoms with Gasteiger partial charge in [-0.3, -0.25) is 0 Å². The number of aryl methyl sites for hydroxylation is 1. The van der Waals surface area contributed by atoms with Gasteiger partial charge in [-0.15, -0.1) is 0 Å². The molecule has 1 aliphatic heterocycles. The molecule has 1 fully saturated rings.